The second kappa shape index (κ2) is 6.20. The molecule has 1 aliphatic rings. The Morgan fingerprint density at radius 1 is 1.16 bits per heavy atom. The Balaban J connectivity index is 2.04. The standard InChI is InChI=1S/C18H17ClN2O3S/c1-10(2)17-13-9-12(7-8-16(13)20-18(17)22)25(23,24)21-15-6-4-5-14(19)11(15)3/h4-9,21H,1-3H3,(H,20,22). The highest BCUT2D eigenvalue weighted by Crippen LogP contribution is 2.36. The number of anilines is 2. The number of halogens is 1. The lowest BCUT2D eigenvalue weighted by Crippen LogP contribution is -2.14. The highest BCUT2D eigenvalue weighted by molar-refractivity contribution is 7.92. The van der Waals surface area contributed by atoms with Crippen molar-refractivity contribution in [2.24, 2.45) is 0 Å². The largest absolute Gasteiger partial charge is 0.321 e. The fourth-order valence-corrected chi connectivity index (χ4v) is 4.05. The van der Waals surface area contributed by atoms with E-state index in [-0.39, 0.29) is 10.8 Å². The molecule has 2 aromatic rings. The van der Waals surface area contributed by atoms with Gasteiger partial charge in [0.25, 0.3) is 15.9 Å². The molecular formula is C18H17ClN2O3S. The van der Waals surface area contributed by atoms with Gasteiger partial charge < -0.3 is 5.32 Å². The Morgan fingerprint density at radius 2 is 1.88 bits per heavy atom. The molecule has 130 valence electrons. The van der Waals surface area contributed by atoms with E-state index >= 15 is 0 Å². The minimum Gasteiger partial charge on any atom is -0.321 e. The Morgan fingerprint density at radius 3 is 2.56 bits per heavy atom. The topological polar surface area (TPSA) is 75.3 Å². The summed E-state index contributed by atoms with van der Waals surface area (Å²) in [5.41, 5.74) is 3.60. The normalized spacial score (nSPS) is 13.4. The molecule has 0 spiro atoms. The number of allylic oxidation sites excluding steroid dienone is 1. The van der Waals surface area contributed by atoms with Gasteiger partial charge in [-0.15, -0.1) is 0 Å². The van der Waals surface area contributed by atoms with Crippen LogP contribution in [0.3, 0.4) is 0 Å². The van der Waals surface area contributed by atoms with E-state index in [9.17, 15) is 13.2 Å². The van der Waals surface area contributed by atoms with Crippen molar-refractivity contribution in [2.75, 3.05) is 10.0 Å². The highest BCUT2D eigenvalue weighted by atomic mass is 35.5. The van der Waals surface area contributed by atoms with E-state index < -0.39 is 10.0 Å². The van der Waals surface area contributed by atoms with Gasteiger partial charge in [-0.2, -0.15) is 0 Å². The lowest BCUT2D eigenvalue weighted by Gasteiger charge is -2.12. The summed E-state index contributed by atoms with van der Waals surface area (Å²) in [6.07, 6.45) is 0. The average Bonchev–Trinajstić information content (AvgIpc) is 2.86. The molecule has 0 radical (unpaired) electrons. The zero-order valence-electron chi connectivity index (χ0n) is 14.0. The van der Waals surface area contributed by atoms with Crippen molar-refractivity contribution in [1.82, 2.24) is 0 Å². The third-order valence-electron chi connectivity index (χ3n) is 4.06. The number of carbonyl (C=O) groups is 1. The van der Waals surface area contributed by atoms with E-state index in [1.165, 1.54) is 12.1 Å². The van der Waals surface area contributed by atoms with Crippen LogP contribution >= 0.6 is 11.6 Å². The minimum atomic E-state index is -3.81. The van der Waals surface area contributed by atoms with E-state index in [4.69, 9.17) is 11.6 Å². The number of hydrogen-bond acceptors (Lipinski definition) is 3. The molecule has 0 aromatic heterocycles. The SMILES string of the molecule is CC(C)=C1C(=O)Nc2ccc(S(=O)(=O)Nc3cccc(Cl)c3C)cc21. The molecule has 0 saturated carbocycles. The first kappa shape index (κ1) is 17.5. The van der Waals surface area contributed by atoms with E-state index in [1.54, 1.807) is 31.2 Å². The van der Waals surface area contributed by atoms with Gasteiger partial charge in [-0.25, -0.2) is 8.42 Å². The van der Waals surface area contributed by atoms with Gasteiger partial charge >= 0.3 is 0 Å². The van der Waals surface area contributed by atoms with Crippen LogP contribution in [0.2, 0.25) is 5.02 Å². The van der Waals surface area contributed by atoms with Crippen molar-refractivity contribution >= 4 is 44.5 Å². The number of amides is 1. The van der Waals surface area contributed by atoms with E-state index in [2.05, 4.69) is 10.0 Å². The number of hydrogen-bond donors (Lipinski definition) is 2. The summed E-state index contributed by atoms with van der Waals surface area (Å²) >= 11 is 6.05. The molecule has 25 heavy (non-hydrogen) atoms. The molecule has 0 bridgehead atoms. The van der Waals surface area contributed by atoms with Crippen LogP contribution in [0, 0.1) is 6.92 Å². The van der Waals surface area contributed by atoms with Crippen molar-refractivity contribution in [2.45, 2.75) is 25.7 Å². The average molecular weight is 377 g/mol. The van der Waals surface area contributed by atoms with Crippen molar-refractivity contribution in [3.05, 3.63) is 58.1 Å². The predicted molar refractivity (Wildman–Crippen MR) is 100 cm³/mol. The maximum atomic E-state index is 12.7. The van der Waals surface area contributed by atoms with Gasteiger partial charge in [-0.3, -0.25) is 9.52 Å². The summed E-state index contributed by atoms with van der Waals surface area (Å²) in [6.45, 7) is 5.38. The predicted octanol–water partition coefficient (Wildman–Crippen LogP) is 4.19. The Bertz CT molecular complexity index is 1020. The van der Waals surface area contributed by atoms with Crippen molar-refractivity contribution in [3.8, 4) is 0 Å². The monoisotopic (exact) mass is 376 g/mol. The fraction of sp³-hybridized carbons (Fsp3) is 0.167. The summed E-state index contributed by atoms with van der Waals surface area (Å²) in [4.78, 5) is 12.1. The molecule has 0 atom stereocenters. The molecule has 5 nitrogen and oxygen atoms in total. The summed E-state index contributed by atoms with van der Waals surface area (Å²) in [5, 5.41) is 3.23. The summed E-state index contributed by atoms with van der Waals surface area (Å²) < 4.78 is 28.1. The summed E-state index contributed by atoms with van der Waals surface area (Å²) in [6, 6.07) is 9.61. The number of fused-ring (bicyclic) bond motifs is 1. The second-order valence-corrected chi connectivity index (χ2v) is 8.14. The van der Waals surface area contributed by atoms with Gasteiger partial charge in [-0.05, 0) is 56.7 Å². The Kier molecular flexibility index (Phi) is 4.34. The van der Waals surface area contributed by atoms with Crippen LogP contribution in [0.25, 0.3) is 5.57 Å². The third-order valence-corrected chi connectivity index (χ3v) is 5.83. The molecule has 2 N–H and O–H groups in total. The van der Waals surface area contributed by atoms with Crippen LogP contribution in [0.1, 0.15) is 25.0 Å². The molecular weight excluding hydrogens is 360 g/mol. The minimum absolute atomic E-state index is 0.0841. The van der Waals surface area contributed by atoms with Gasteiger partial charge in [0.15, 0.2) is 0 Å². The van der Waals surface area contributed by atoms with Crippen LogP contribution in [-0.4, -0.2) is 14.3 Å². The molecule has 7 heteroatoms. The number of sulfonamides is 1. The number of rotatable bonds is 3. The van der Waals surface area contributed by atoms with Gasteiger partial charge in [-0.1, -0.05) is 23.2 Å². The van der Waals surface area contributed by atoms with Gasteiger partial charge in [0.1, 0.15) is 0 Å². The van der Waals surface area contributed by atoms with E-state index in [0.717, 1.165) is 5.57 Å². The first-order valence-corrected chi connectivity index (χ1v) is 9.48. The van der Waals surface area contributed by atoms with Crippen molar-refractivity contribution in [1.29, 1.82) is 0 Å². The number of benzene rings is 2. The molecule has 2 aromatic carbocycles. The Labute approximate surface area is 151 Å². The molecule has 0 aliphatic carbocycles. The number of nitrogens with one attached hydrogen (secondary N) is 2. The Hall–Kier alpha value is -2.31. The summed E-state index contributed by atoms with van der Waals surface area (Å²) in [7, 11) is -3.81. The van der Waals surface area contributed by atoms with Crippen LogP contribution in [0.15, 0.2) is 46.9 Å². The first-order valence-electron chi connectivity index (χ1n) is 7.62. The molecule has 0 fully saturated rings. The lowest BCUT2D eigenvalue weighted by atomic mass is 10.0. The van der Waals surface area contributed by atoms with Crippen LogP contribution in [0.4, 0.5) is 11.4 Å². The highest BCUT2D eigenvalue weighted by Gasteiger charge is 2.27. The maximum absolute atomic E-state index is 12.7. The van der Waals surface area contributed by atoms with Gasteiger partial charge in [0.05, 0.1) is 10.6 Å². The fourth-order valence-electron chi connectivity index (χ4n) is 2.73. The van der Waals surface area contributed by atoms with Crippen LogP contribution < -0.4 is 10.0 Å². The molecule has 1 heterocycles. The van der Waals surface area contributed by atoms with Crippen molar-refractivity contribution in [3.63, 3.8) is 0 Å². The lowest BCUT2D eigenvalue weighted by molar-refractivity contribution is -0.110. The smallest absolute Gasteiger partial charge is 0.261 e. The molecule has 3 rings (SSSR count). The van der Waals surface area contributed by atoms with Crippen molar-refractivity contribution < 1.29 is 13.2 Å². The second-order valence-electron chi connectivity index (χ2n) is 6.05. The zero-order valence-corrected chi connectivity index (χ0v) is 15.5. The molecule has 1 aliphatic heterocycles. The third kappa shape index (κ3) is 3.15. The van der Waals surface area contributed by atoms with Gasteiger partial charge in [0, 0.05) is 21.8 Å². The van der Waals surface area contributed by atoms with Crippen LogP contribution in [0.5, 0.6) is 0 Å². The number of carbonyl (C=O) groups excluding carboxylic acids is 1. The van der Waals surface area contributed by atoms with E-state index in [0.29, 0.717) is 33.1 Å². The van der Waals surface area contributed by atoms with Gasteiger partial charge in [0.2, 0.25) is 0 Å². The first-order chi connectivity index (χ1) is 11.7. The maximum Gasteiger partial charge on any atom is 0.261 e. The molecule has 0 unspecified atom stereocenters. The molecule has 1 amide bonds. The summed E-state index contributed by atoms with van der Waals surface area (Å²) in [5.74, 6) is -0.219. The zero-order chi connectivity index (χ0) is 18.4. The van der Waals surface area contributed by atoms with Crippen LogP contribution in [-0.2, 0) is 14.8 Å². The van der Waals surface area contributed by atoms with E-state index in [1.807, 2.05) is 13.8 Å². The molecule has 0 saturated heterocycles. The quantitative estimate of drug-likeness (QED) is 0.788.